The zero-order valence-electron chi connectivity index (χ0n) is 28.3. The Morgan fingerprint density at radius 2 is 1.46 bits per heavy atom. The normalized spacial score (nSPS) is 32.7. The van der Waals surface area contributed by atoms with Crippen LogP contribution in [0.3, 0.4) is 0 Å². The van der Waals surface area contributed by atoms with E-state index in [2.05, 4.69) is 134 Å². The van der Waals surface area contributed by atoms with E-state index < -0.39 is 96.3 Å². The molecule has 1 aliphatic heterocycles. The first-order chi connectivity index (χ1) is 23.0. The van der Waals surface area contributed by atoms with E-state index in [-0.39, 0.29) is 27.1 Å². The number of hydrogen-bond acceptors (Lipinski definition) is 6. The number of hydrogen-bond donors (Lipinski definition) is 1. The largest absolute Gasteiger partial charge is 0.459 e. The molecule has 18 unspecified atom stereocenters. The van der Waals surface area contributed by atoms with Crippen molar-refractivity contribution in [2.75, 3.05) is 0 Å². The molecule has 1 saturated heterocycles. The highest BCUT2D eigenvalue weighted by Gasteiger charge is 2.72. The van der Waals surface area contributed by atoms with E-state index in [1.54, 1.807) is 6.08 Å². The Kier molecular flexibility index (Phi) is 24.1. The van der Waals surface area contributed by atoms with Crippen LogP contribution in [-0.2, 0) is 23.4 Å². The molecular formula is C21H53O6P23. The van der Waals surface area contributed by atoms with Crippen LogP contribution in [0.25, 0.3) is 0 Å². The Bertz CT molecular complexity index is 1260. The van der Waals surface area contributed by atoms with Crippen molar-refractivity contribution in [3.8, 4) is 0 Å². The monoisotopic (exact) mass is 1110 g/mol. The minimum Gasteiger partial charge on any atom is -0.459 e. The second-order valence-electron chi connectivity index (χ2n) is 12.7. The maximum atomic E-state index is 15.0. The van der Waals surface area contributed by atoms with Crippen LogP contribution in [0.15, 0.2) is 23.8 Å². The third-order valence-electron chi connectivity index (χ3n) is 9.35. The maximum absolute atomic E-state index is 15.0. The second kappa shape index (κ2) is 22.8. The van der Waals surface area contributed by atoms with Crippen LogP contribution in [-0.4, -0.2) is 40.8 Å². The Labute approximate surface area is 341 Å². The minimum atomic E-state index is -2.29. The number of cyclic esters (lactones) is 1. The molecule has 3 rings (SSSR count). The van der Waals surface area contributed by atoms with Crippen molar-refractivity contribution in [2.24, 2.45) is 16.7 Å². The molecule has 1 heterocycles. The fourth-order valence-corrected chi connectivity index (χ4v) is 203. The highest BCUT2D eigenvalue weighted by Crippen LogP contribution is 3.21. The number of esters is 1. The summed E-state index contributed by atoms with van der Waals surface area (Å²) in [5.41, 5.74) is -1.90. The molecule has 0 amide bonds. The molecule has 3 aliphatic rings. The van der Waals surface area contributed by atoms with Gasteiger partial charge in [-0.2, -0.15) is 0 Å². The smallest absolute Gasteiger partial charge is 0.347 e. The molecule has 2 aliphatic carbocycles. The second-order valence-corrected chi connectivity index (χ2v) is 95.5. The van der Waals surface area contributed by atoms with Gasteiger partial charge in [-0.15, -0.1) is 105 Å². The molecule has 0 radical (unpaired) electrons. The van der Waals surface area contributed by atoms with Gasteiger partial charge in [0.2, 0.25) is 5.60 Å². The predicted molar refractivity (Wildman–Crippen MR) is 290 cm³/mol. The summed E-state index contributed by atoms with van der Waals surface area (Å²) in [5.74, 6) is -1.92. The van der Waals surface area contributed by atoms with Crippen molar-refractivity contribution in [1.29, 1.82) is 0 Å². The molecule has 0 aromatic heterocycles. The summed E-state index contributed by atoms with van der Waals surface area (Å²) >= 11 is 0. The predicted octanol–water partition coefficient (Wildman–Crippen LogP) is 15.8. The van der Waals surface area contributed by atoms with Gasteiger partial charge in [-0.05, 0) is 91.1 Å². The number of aliphatic hydroxyl groups is 1. The average molecular weight is 1110 g/mol. The number of carbonyl (C=O) groups excluding carboxylic acids is 2. The fourth-order valence-electron chi connectivity index (χ4n) is 6.99. The minimum absolute atomic E-state index is 0.294. The van der Waals surface area contributed by atoms with Gasteiger partial charge in [0.05, 0.1) is 32.7 Å². The van der Waals surface area contributed by atoms with Gasteiger partial charge >= 0.3 is 5.97 Å². The molecule has 23 atom stereocenters. The van der Waals surface area contributed by atoms with E-state index >= 15 is 4.79 Å². The van der Waals surface area contributed by atoms with Gasteiger partial charge in [-0.25, -0.2) is 4.79 Å². The van der Waals surface area contributed by atoms with Crippen LogP contribution in [0.4, 0.5) is 0 Å². The number of fused-ring (bicyclic) bond motifs is 3. The van der Waals surface area contributed by atoms with Crippen LogP contribution in [0.2, 0.25) is 0 Å². The molecular weight excluding hydrogens is 1060 g/mol. The number of allylic oxidation sites excluding steroid dienone is 1. The van der Waals surface area contributed by atoms with Crippen molar-refractivity contribution in [3.63, 3.8) is 0 Å². The first-order valence-electron chi connectivity index (χ1n) is 14.9. The van der Waals surface area contributed by atoms with Crippen molar-refractivity contribution >= 4 is 198 Å². The maximum Gasteiger partial charge on any atom is 0.347 e. The lowest BCUT2D eigenvalue weighted by atomic mass is 9.52. The topological polar surface area (TPSA) is 82.1 Å². The van der Waals surface area contributed by atoms with Gasteiger partial charge in [0.25, 0.3) is 0 Å². The number of Topliss-reactive ketones (excluding diaryl/α,β-unsaturated/α-hetero) is 1. The summed E-state index contributed by atoms with van der Waals surface area (Å²) < 4.78 is 20.8. The Morgan fingerprint density at radius 1 is 0.900 bits per heavy atom. The van der Waals surface area contributed by atoms with Gasteiger partial charge < -0.3 is 18.9 Å². The molecule has 0 spiro atoms. The average Bonchev–Trinajstić information content (AvgIpc) is 3.18. The van der Waals surface area contributed by atoms with E-state index in [4.69, 9.17) is 13.8 Å². The molecule has 50 heavy (non-hydrogen) atoms. The third kappa shape index (κ3) is 11.5. The zero-order chi connectivity index (χ0) is 38.3. The van der Waals surface area contributed by atoms with Crippen LogP contribution in [0.5, 0.6) is 0 Å². The molecule has 288 valence electrons. The highest BCUT2D eigenvalue weighted by molar-refractivity contribution is 9.25. The molecule has 6 nitrogen and oxygen atoms in total. The molecule has 0 aromatic carbocycles. The number of ketones is 1. The van der Waals surface area contributed by atoms with Crippen LogP contribution in [0.1, 0.15) is 53.4 Å². The number of ether oxygens (including phenoxy) is 1. The van der Waals surface area contributed by atoms with E-state index in [0.29, 0.717) is 33.6 Å². The van der Waals surface area contributed by atoms with Crippen LogP contribution in [0, 0.1) is 16.7 Å². The Hall–Kier alpha value is 8.39. The van der Waals surface area contributed by atoms with Gasteiger partial charge in [0, 0.05) is 19.9 Å². The SMILES string of the molecule is C=CCC[C@@H]1OC(=O)[C@@]2(O)C(=O)C3C[C@H](OP(P)P(P(P)P)P(P(P)P)P(P)P)C(C)=C([C@H](OP(P(P)P)P(PP)P(P)P)C[C@]12C)C3(C)C. The summed E-state index contributed by atoms with van der Waals surface area (Å²) in [6.07, 6.45) is 2.21. The lowest BCUT2D eigenvalue weighted by Crippen LogP contribution is -2.64. The van der Waals surface area contributed by atoms with Crippen LogP contribution >= 0.6 is 186 Å². The molecule has 29 heteroatoms. The zero-order valence-corrected chi connectivity index (χ0v) is 52.1. The van der Waals surface area contributed by atoms with E-state index in [0.717, 1.165) is 11.1 Å². The summed E-state index contributed by atoms with van der Waals surface area (Å²) in [6, 6.07) is 0. The highest BCUT2D eigenvalue weighted by atomic mass is 33.3. The van der Waals surface area contributed by atoms with Crippen molar-refractivity contribution in [2.45, 2.75) is 77.3 Å². The van der Waals surface area contributed by atoms with Gasteiger partial charge in [-0.3, -0.25) is 4.79 Å². The summed E-state index contributed by atoms with van der Waals surface area (Å²) in [6.45, 7) is 8.97. The number of carbonyl (C=O) groups is 2. The summed E-state index contributed by atoms with van der Waals surface area (Å²) in [5, 5.41) is 12.7. The number of rotatable bonds is 16. The summed E-state index contributed by atoms with van der Waals surface area (Å²) in [7, 11) is 35.7. The quantitative estimate of drug-likeness (QED) is 0.0718. The van der Waals surface area contributed by atoms with Gasteiger partial charge in [0.15, 0.2) is 5.78 Å². The van der Waals surface area contributed by atoms with Crippen molar-refractivity contribution < 1.29 is 28.5 Å². The Balaban J connectivity index is 2.30. The van der Waals surface area contributed by atoms with E-state index in [9.17, 15) is 9.90 Å². The Morgan fingerprint density at radius 3 is 1.92 bits per heavy atom. The fraction of sp³-hybridized carbons (Fsp3) is 0.714. The summed E-state index contributed by atoms with van der Waals surface area (Å²) in [4.78, 5) is 28.9. The van der Waals surface area contributed by atoms with E-state index in [1.165, 1.54) is 0 Å². The molecule has 0 aromatic rings. The standard InChI is InChI=1S/C21H53O6P23/c1-6-7-8-15-20(5)10-14(27-42(43(30)31)48(40-28)44(32)33)16-11(2)13(26-41(29)49(45(34)35)50(46(36)37)47(38)39)9-12(19(16,3)4)17(22)21(20,24)18(23)25-15/h6,12-15,24,40H,1,7-10,28-39H2,2-5H3/t12?,13-,14+,15-,20+,21-,41?,42?,48?,49?/m0/s1. The van der Waals surface area contributed by atoms with E-state index in [1.807, 2.05) is 6.92 Å². The van der Waals surface area contributed by atoms with Crippen molar-refractivity contribution in [1.82, 2.24) is 0 Å². The van der Waals surface area contributed by atoms with Gasteiger partial charge in [-0.1, -0.05) is 43.7 Å². The molecule has 2 fully saturated rings. The molecule has 1 N–H and O–H groups in total. The first-order valence-corrected chi connectivity index (χ1v) is 55.2. The van der Waals surface area contributed by atoms with Gasteiger partial charge in [0.1, 0.15) is 6.10 Å². The van der Waals surface area contributed by atoms with Crippen LogP contribution < -0.4 is 0 Å². The first kappa shape index (κ1) is 52.7. The molecule has 1 saturated carbocycles. The molecule has 2 bridgehead atoms. The third-order valence-corrected chi connectivity index (χ3v) is 130. The lowest BCUT2D eigenvalue weighted by molar-refractivity contribution is -0.172. The lowest BCUT2D eigenvalue weighted by Gasteiger charge is -2.54. The van der Waals surface area contributed by atoms with Crippen molar-refractivity contribution in [3.05, 3.63) is 23.8 Å².